The second-order valence-corrected chi connectivity index (χ2v) is 5.71. The van der Waals surface area contributed by atoms with Crippen molar-refractivity contribution in [2.75, 3.05) is 20.0 Å². The molecule has 0 atom stereocenters. The van der Waals surface area contributed by atoms with Crippen molar-refractivity contribution in [3.8, 4) is 11.5 Å². The van der Waals surface area contributed by atoms with Gasteiger partial charge in [-0.1, -0.05) is 0 Å². The van der Waals surface area contributed by atoms with Gasteiger partial charge in [-0.05, 0) is 13.8 Å². The fourth-order valence-electron chi connectivity index (χ4n) is 1.51. The van der Waals surface area contributed by atoms with Crippen LogP contribution >= 0.6 is 0 Å². The van der Waals surface area contributed by atoms with Gasteiger partial charge in [0.15, 0.2) is 5.75 Å². The highest BCUT2D eigenvalue weighted by molar-refractivity contribution is 7.89. The molecule has 0 bridgehead atoms. The molecule has 0 aliphatic carbocycles. The predicted octanol–water partition coefficient (Wildman–Crippen LogP) is 0.973. The molecule has 0 spiro atoms. The number of hydrogen-bond donors (Lipinski definition) is 2. The first-order chi connectivity index (χ1) is 8.31. The largest absolute Gasteiger partial charge is 0.497 e. The summed E-state index contributed by atoms with van der Waals surface area (Å²) in [7, 11) is -0.887. The molecule has 102 valence electrons. The normalized spacial score (nSPS) is 11.6. The van der Waals surface area contributed by atoms with Crippen LogP contribution in [0.4, 0.5) is 5.69 Å². The van der Waals surface area contributed by atoms with Crippen LogP contribution in [0, 0.1) is 0 Å². The van der Waals surface area contributed by atoms with Crippen LogP contribution in [0.1, 0.15) is 13.8 Å². The van der Waals surface area contributed by atoms with E-state index in [0.29, 0.717) is 5.75 Å². The third-order valence-corrected chi connectivity index (χ3v) is 3.84. The smallest absolute Gasteiger partial charge is 0.244 e. The molecular formula is C11H18N2O4S. The van der Waals surface area contributed by atoms with Crippen LogP contribution in [0.3, 0.4) is 0 Å². The maximum absolute atomic E-state index is 12.1. The zero-order valence-corrected chi connectivity index (χ0v) is 11.7. The summed E-state index contributed by atoms with van der Waals surface area (Å²) in [6.45, 7) is 3.46. The molecule has 0 aliphatic heterocycles. The summed E-state index contributed by atoms with van der Waals surface area (Å²) in [5.74, 6) is 0.474. The van der Waals surface area contributed by atoms with Gasteiger partial charge in [-0.25, -0.2) is 13.1 Å². The Hall–Kier alpha value is -1.47. The van der Waals surface area contributed by atoms with Gasteiger partial charge in [0, 0.05) is 18.2 Å². The fourth-order valence-corrected chi connectivity index (χ4v) is 2.97. The van der Waals surface area contributed by atoms with Crippen molar-refractivity contribution in [1.82, 2.24) is 4.72 Å². The number of rotatable bonds is 5. The Morgan fingerprint density at radius 2 is 1.83 bits per heavy atom. The number of methoxy groups -OCH3 is 2. The highest BCUT2D eigenvalue weighted by Crippen LogP contribution is 2.34. The molecule has 7 heteroatoms. The van der Waals surface area contributed by atoms with Crippen LogP contribution in [0.2, 0.25) is 0 Å². The lowest BCUT2D eigenvalue weighted by Gasteiger charge is -2.15. The monoisotopic (exact) mass is 274 g/mol. The SMILES string of the molecule is COc1cc(N)c(OC)c(S(=O)(=O)NC(C)C)c1. The number of ether oxygens (including phenoxy) is 2. The second-order valence-electron chi connectivity index (χ2n) is 4.02. The van der Waals surface area contributed by atoms with E-state index in [0.717, 1.165) is 0 Å². The van der Waals surface area contributed by atoms with Crippen molar-refractivity contribution >= 4 is 15.7 Å². The van der Waals surface area contributed by atoms with Crippen LogP contribution in [-0.4, -0.2) is 28.7 Å². The summed E-state index contributed by atoms with van der Waals surface area (Å²) in [6, 6.07) is 2.65. The summed E-state index contributed by atoms with van der Waals surface area (Å²) in [4.78, 5) is -0.0319. The number of sulfonamides is 1. The van der Waals surface area contributed by atoms with Crippen LogP contribution < -0.4 is 19.9 Å². The van der Waals surface area contributed by atoms with Gasteiger partial charge in [0.1, 0.15) is 10.6 Å². The van der Waals surface area contributed by atoms with Gasteiger partial charge in [-0.15, -0.1) is 0 Å². The van der Waals surface area contributed by atoms with Crippen molar-refractivity contribution in [3.05, 3.63) is 12.1 Å². The number of nitrogens with two attached hydrogens (primary N) is 1. The Labute approximate surface area is 107 Å². The molecule has 0 radical (unpaired) electrons. The van der Waals surface area contributed by atoms with Crippen LogP contribution in [0.25, 0.3) is 0 Å². The third-order valence-electron chi connectivity index (χ3n) is 2.18. The van der Waals surface area contributed by atoms with Crippen molar-refractivity contribution in [2.45, 2.75) is 24.8 Å². The molecule has 0 unspecified atom stereocenters. The predicted molar refractivity (Wildman–Crippen MR) is 69.4 cm³/mol. The Morgan fingerprint density at radius 1 is 1.22 bits per heavy atom. The van der Waals surface area contributed by atoms with E-state index < -0.39 is 10.0 Å². The first kappa shape index (κ1) is 14.6. The highest BCUT2D eigenvalue weighted by atomic mass is 32.2. The van der Waals surface area contributed by atoms with Gasteiger partial charge < -0.3 is 15.2 Å². The molecule has 18 heavy (non-hydrogen) atoms. The minimum Gasteiger partial charge on any atom is -0.497 e. The summed E-state index contributed by atoms with van der Waals surface area (Å²) in [5, 5.41) is 0. The molecule has 6 nitrogen and oxygen atoms in total. The van der Waals surface area contributed by atoms with Gasteiger partial charge in [-0.3, -0.25) is 0 Å². The molecule has 0 heterocycles. The van der Waals surface area contributed by atoms with E-state index in [9.17, 15) is 8.42 Å². The Balaban J connectivity index is 3.42. The maximum atomic E-state index is 12.1. The molecule has 1 rings (SSSR count). The molecule has 0 saturated heterocycles. The second kappa shape index (κ2) is 5.45. The summed E-state index contributed by atoms with van der Waals surface area (Å²) >= 11 is 0. The lowest BCUT2D eigenvalue weighted by atomic mass is 10.3. The molecule has 1 aromatic carbocycles. The molecule has 0 aromatic heterocycles. The number of benzene rings is 1. The quantitative estimate of drug-likeness (QED) is 0.781. The minimum atomic E-state index is -3.69. The molecule has 0 saturated carbocycles. The van der Waals surface area contributed by atoms with E-state index in [1.165, 1.54) is 26.4 Å². The summed E-state index contributed by atoms with van der Waals surface area (Å²) in [5.41, 5.74) is 5.95. The van der Waals surface area contributed by atoms with Gasteiger partial charge >= 0.3 is 0 Å². The van der Waals surface area contributed by atoms with E-state index in [1.54, 1.807) is 13.8 Å². The number of anilines is 1. The molecular weight excluding hydrogens is 256 g/mol. The van der Waals surface area contributed by atoms with Crippen molar-refractivity contribution in [2.24, 2.45) is 0 Å². The van der Waals surface area contributed by atoms with Gasteiger partial charge in [0.05, 0.1) is 19.9 Å². The average molecular weight is 274 g/mol. The molecule has 1 aromatic rings. The van der Waals surface area contributed by atoms with Gasteiger partial charge in [-0.2, -0.15) is 0 Å². The first-order valence-electron chi connectivity index (χ1n) is 5.35. The fraction of sp³-hybridized carbons (Fsp3) is 0.455. The van der Waals surface area contributed by atoms with Crippen molar-refractivity contribution in [3.63, 3.8) is 0 Å². The van der Waals surface area contributed by atoms with Crippen molar-refractivity contribution < 1.29 is 17.9 Å². The summed E-state index contributed by atoms with van der Waals surface area (Å²) in [6.07, 6.45) is 0. The van der Waals surface area contributed by atoms with Gasteiger partial charge in [0.2, 0.25) is 10.0 Å². The Kier molecular flexibility index (Phi) is 4.42. The molecule has 3 N–H and O–H groups in total. The van der Waals surface area contributed by atoms with Crippen molar-refractivity contribution in [1.29, 1.82) is 0 Å². The van der Waals surface area contributed by atoms with E-state index in [1.807, 2.05) is 0 Å². The molecule has 0 amide bonds. The number of hydrogen-bond acceptors (Lipinski definition) is 5. The Morgan fingerprint density at radius 3 is 2.28 bits per heavy atom. The van der Waals surface area contributed by atoms with Crippen LogP contribution in [0.15, 0.2) is 17.0 Å². The average Bonchev–Trinajstić information content (AvgIpc) is 2.26. The number of nitrogens with one attached hydrogen (secondary N) is 1. The molecule has 0 aliphatic rings. The zero-order valence-electron chi connectivity index (χ0n) is 10.9. The van der Waals surface area contributed by atoms with E-state index >= 15 is 0 Å². The lowest BCUT2D eigenvalue weighted by molar-refractivity contribution is 0.394. The first-order valence-corrected chi connectivity index (χ1v) is 6.84. The van der Waals surface area contributed by atoms with E-state index in [2.05, 4.69) is 4.72 Å². The van der Waals surface area contributed by atoms with E-state index in [-0.39, 0.29) is 22.4 Å². The van der Waals surface area contributed by atoms with Crippen LogP contribution in [-0.2, 0) is 10.0 Å². The number of nitrogen functional groups attached to an aromatic ring is 1. The van der Waals surface area contributed by atoms with Gasteiger partial charge in [0.25, 0.3) is 0 Å². The highest BCUT2D eigenvalue weighted by Gasteiger charge is 2.23. The third kappa shape index (κ3) is 3.05. The van der Waals surface area contributed by atoms with E-state index in [4.69, 9.17) is 15.2 Å². The maximum Gasteiger partial charge on any atom is 0.244 e. The summed E-state index contributed by atoms with van der Waals surface area (Å²) < 4.78 is 36.8. The standard InChI is InChI=1S/C11H18N2O4S/c1-7(2)13-18(14,15)10-6-8(16-3)5-9(12)11(10)17-4/h5-7,13H,12H2,1-4H3. The molecule has 0 fully saturated rings. The zero-order chi connectivity index (χ0) is 13.9. The lowest BCUT2D eigenvalue weighted by Crippen LogP contribution is -2.30. The Bertz CT molecular complexity index is 526. The topological polar surface area (TPSA) is 90.7 Å². The van der Waals surface area contributed by atoms with Crippen LogP contribution in [0.5, 0.6) is 11.5 Å². The minimum absolute atomic E-state index is 0.0319.